The van der Waals surface area contributed by atoms with Crippen LogP contribution in [0.1, 0.15) is 5.56 Å². The Labute approximate surface area is 122 Å². The molecule has 1 N–H and O–H groups in total. The number of anilines is 1. The van der Waals surface area contributed by atoms with Crippen molar-refractivity contribution >= 4 is 5.69 Å². The fourth-order valence-electron chi connectivity index (χ4n) is 1.87. The Morgan fingerprint density at radius 3 is 2.71 bits per heavy atom. The van der Waals surface area contributed by atoms with Crippen LogP contribution in [-0.4, -0.2) is 26.9 Å². The van der Waals surface area contributed by atoms with Crippen LogP contribution in [0.2, 0.25) is 0 Å². The van der Waals surface area contributed by atoms with E-state index in [0.29, 0.717) is 12.4 Å². The summed E-state index contributed by atoms with van der Waals surface area (Å²) in [4.78, 5) is 8.53. The summed E-state index contributed by atoms with van der Waals surface area (Å²) in [5.41, 5.74) is 2.02. The molecule has 0 atom stereocenters. The number of rotatable bonds is 5. The summed E-state index contributed by atoms with van der Waals surface area (Å²) in [6.45, 7) is 0.680. The molecule has 0 bridgehead atoms. The van der Waals surface area contributed by atoms with Crippen LogP contribution in [0.4, 0.5) is 5.69 Å². The minimum absolute atomic E-state index is 0.615. The molecule has 0 radical (unpaired) electrons. The summed E-state index contributed by atoms with van der Waals surface area (Å²) < 4.78 is 6.75. The fourth-order valence-corrected chi connectivity index (χ4v) is 1.87. The lowest BCUT2D eigenvalue weighted by molar-refractivity contribution is 0.397. The molecule has 0 spiro atoms. The third-order valence-electron chi connectivity index (χ3n) is 2.99. The highest BCUT2D eigenvalue weighted by Gasteiger charge is 1.99. The SMILES string of the molecule is COc1ccc(CNc2ccc(-n3cccn3)nc2)cn1. The van der Waals surface area contributed by atoms with Gasteiger partial charge >= 0.3 is 0 Å². The van der Waals surface area contributed by atoms with Crippen molar-refractivity contribution in [2.45, 2.75) is 6.54 Å². The number of aromatic nitrogens is 4. The van der Waals surface area contributed by atoms with Gasteiger partial charge in [0.25, 0.3) is 0 Å². The van der Waals surface area contributed by atoms with E-state index in [1.54, 1.807) is 30.4 Å². The second kappa shape index (κ2) is 6.04. The largest absolute Gasteiger partial charge is 0.481 e. The van der Waals surface area contributed by atoms with E-state index in [4.69, 9.17) is 4.74 Å². The molecule has 6 heteroatoms. The molecule has 0 aliphatic carbocycles. The van der Waals surface area contributed by atoms with Crippen molar-refractivity contribution in [1.82, 2.24) is 19.7 Å². The van der Waals surface area contributed by atoms with E-state index in [2.05, 4.69) is 20.4 Å². The van der Waals surface area contributed by atoms with Crippen LogP contribution in [0, 0.1) is 0 Å². The molecule has 0 aromatic carbocycles. The first-order valence-corrected chi connectivity index (χ1v) is 6.54. The maximum atomic E-state index is 5.03. The molecule has 0 unspecified atom stereocenters. The highest BCUT2D eigenvalue weighted by molar-refractivity contribution is 5.44. The third-order valence-corrected chi connectivity index (χ3v) is 2.99. The molecule has 6 nitrogen and oxygen atoms in total. The van der Waals surface area contributed by atoms with Crippen LogP contribution in [0.3, 0.4) is 0 Å². The maximum Gasteiger partial charge on any atom is 0.212 e. The van der Waals surface area contributed by atoms with Crippen LogP contribution >= 0.6 is 0 Å². The van der Waals surface area contributed by atoms with E-state index < -0.39 is 0 Å². The Balaban J connectivity index is 1.62. The summed E-state index contributed by atoms with van der Waals surface area (Å²) in [6, 6.07) is 9.58. The lowest BCUT2D eigenvalue weighted by Crippen LogP contribution is -2.02. The van der Waals surface area contributed by atoms with Crippen LogP contribution in [0.15, 0.2) is 55.1 Å². The van der Waals surface area contributed by atoms with Gasteiger partial charge in [-0.2, -0.15) is 5.10 Å². The summed E-state index contributed by atoms with van der Waals surface area (Å²) >= 11 is 0. The number of hydrogen-bond acceptors (Lipinski definition) is 5. The number of nitrogens with one attached hydrogen (secondary N) is 1. The molecule has 0 saturated heterocycles. The van der Waals surface area contributed by atoms with Gasteiger partial charge in [0, 0.05) is 31.2 Å². The predicted octanol–water partition coefficient (Wildman–Crippen LogP) is 2.28. The van der Waals surface area contributed by atoms with Crippen molar-refractivity contribution in [3.8, 4) is 11.7 Å². The van der Waals surface area contributed by atoms with Gasteiger partial charge in [0.1, 0.15) is 0 Å². The smallest absolute Gasteiger partial charge is 0.212 e. The Bertz CT molecular complexity index is 677. The number of hydrogen-bond donors (Lipinski definition) is 1. The fraction of sp³-hybridized carbons (Fsp3) is 0.133. The monoisotopic (exact) mass is 281 g/mol. The number of methoxy groups -OCH3 is 1. The van der Waals surface area contributed by atoms with Gasteiger partial charge in [0.05, 0.1) is 19.0 Å². The first kappa shape index (κ1) is 13.1. The van der Waals surface area contributed by atoms with E-state index in [0.717, 1.165) is 17.1 Å². The average molecular weight is 281 g/mol. The zero-order valence-electron chi connectivity index (χ0n) is 11.6. The molecule has 3 heterocycles. The second-order valence-electron chi connectivity index (χ2n) is 4.42. The summed E-state index contributed by atoms with van der Waals surface area (Å²) in [5, 5.41) is 7.44. The Morgan fingerprint density at radius 2 is 2.10 bits per heavy atom. The third kappa shape index (κ3) is 3.17. The number of pyridine rings is 2. The molecule has 0 fully saturated rings. The Hall–Kier alpha value is -2.89. The highest BCUT2D eigenvalue weighted by atomic mass is 16.5. The molecular formula is C15H15N5O. The van der Waals surface area contributed by atoms with Crippen LogP contribution in [-0.2, 0) is 6.54 Å². The molecule has 0 aliphatic rings. The van der Waals surface area contributed by atoms with E-state index in [-0.39, 0.29) is 0 Å². The van der Waals surface area contributed by atoms with Gasteiger partial charge < -0.3 is 10.1 Å². The lowest BCUT2D eigenvalue weighted by atomic mass is 10.3. The standard InChI is InChI=1S/C15H15N5O/c1-21-15-6-3-12(10-18-15)9-16-13-4-5-14(17-11-13)20-8-2-7-19-20/h2-8,10-11,16H,9H2,1H3. The van der Waals surface area contributed by atoms with Gasteiger partial charge in [0.2, 0.25) is 5.88 Å². The molecule has 0 amide bonds. The predicted molar refractivity (Wildman–Crippen MR) is 79.5 cm³/mol. The zero-order valence-corrected chi connectivity index (χ0v) is 11.6. The van der Waals surface area contributed by atoms with E-state index in [1.165, 1.54) is 0 Å². The first-order chi connectivity index (χ1) is 10.3. The van der Waals surface area contributed by atoms with Gasteiger partial charge in [-0.25, -0.2) is 14.6 Å². The van der Waals surface area contributed by atoms with Crippen LogP contribution in [0.25, 0.3) is 5.82 Å². The van der Waals surface area contributed by atoms with Crippen LogP contribution in [0.5, 0.6) is 5.88 Å². The van der Waals surface area contributed by atoms with Crippen molar-refractivity contribution in [1.29, 1.82) is 0 Å². The normalized spacial score (nSPS) is 10.3. The highest BCUT2D eigenvalue weighted by Crippen LogP contribution is 2.12. The summed E-state index contributed by atoms with van der Waals surface area (Å²) in [5.74, 6) is 1.40. The van der Waals surface area contributed by atoms with Crippen molar-refractivity contribution in [3.63, 3.8) is 0 Å². The number of nitrogens with zero attached hydrogens (tertiary/aromatic N) is 4. The summed E-state index contributed by atoms with van der Waals surface area (Å²) in [7, 11) is 1.60. The van der Waals surface area contributed by atoms with E-state index in [9.17, 15) is 0 Å². The molecule has 21 heavy (non-hydrogen) atoms. The van der Waals surface area contributed by atoms with Crippen LogP contribution < -0.4 is 10.1 Å². The van der Waals surface area contributed by atoms with Gasteiger partial charge in [-0.05, 0) is 23.8 Å². The lowest BCUT2D eigenvalue weighted by Gasteiger charge is -2.07. The summed E-state index contributed by atoms with van der Waals surface area (Å²) in [6.07, 6.45) is 7.16. The average Bonchev–Trinajstić information content (AvgIpc) is 3.08. The van der Waals surface area contributed by atoms with Gasteiger partial charge in [-0.3, -0.25) is 0 Å². The Kier molecular flexibility index (Phi) is 3.77. The number of ether oxygens (including phenoxy) is 1. The zero-order chi connectivity index (χ0) is 14.5. The van der Waals surface area contributed by atoms with Gasteiger partial charge in [0.15, 0.2) is 5.82 Å². The molecule has 3 rings (SSSR count). The minimum atomic E-state index is 0.615. The quantitative estimate of drug-likeness (QED) is 0.777. The van der Waals surface area contributed by atoms with E-state index >= 15 is 0 Å². The van der Waals surface area contributed by atoms with Crippen molar-refractivity contribution < 1.29 is 4.74 Å². The maximum absolute atomic E-state index is 5.03. The molecule has 0 aliphatic heterocycles. The second-order valence-corrected chi connectivity index (χ2v) is 4.42. The molecule has 106 valence electrons. The van der Waals surface area contributed by atoms with E-state index in [1.807, 2.05) is 36.5 Å². The molecule has 3 aromatic rings. The minimum Gasteiger partial charge on any atom is -0.481 e. The topological polar surface area (TPSA) is 64.9 Å². The Morgan fingerprint density at radius 1 is 1.14 bits per heavy atom. The molecule has 3 aromatic heterocycles. The molecule has 0 saturated carbocycles. The van der Waals surface area contributed by atoms with Gasteiger partial charge in [-0.15, -0.1) is 0 Å². The van der Waals surface area contributed by atoms with Crippen molar-refractivity contribution in [2.24, 2.45) is 0 Å². The first-order valence-electron chi connectivity index (χ1n) is 6.54. The van der Waals surface area contributed by atoms with Crippen molar-refractivity contribution in [2.75, 3.05) is 12.4 Å². The van der Waals surface area contributed by atoms with Gasteiger partial charge in [-0.1, -0.05) is 6.07 Å². The van der Waals surface area contributed by atoms with Crippen molar-refractivity contribution in [3.05, 3.63) is 60.7 Å². The molecular weight excluding hydrogens is 266 g/mol.